The lowest BCUT2D eigenvalue weighted by atomic mass is 10.1. The second kappa shape index (κ2) is 4.28. The molecule has 0 aliphatic heterocycles. The summed E-state index contributed by atoms with van der Waals surface area (Å²) in [6, 6.07) is 8.40. The fourth-order valence-corrected chi connectivity index (χ4v) is 1.48. The third-order valence-electron chi connectivity index (χ3n) is 2.33. The van der Waals surface area contributed by atoms with E-state index in [0.29, 0.717) is 5.69 Å². The van der Waals surface area contributed by atoms with Crippen molar-refractivity contribution in [1.29, 1.82) is 0 Å². The van der Waals surface area contributed by atoms with Crippen molar-refractivity contribution in [3.8, 4) is 0 Å². The lowest BCUT2D eigenvalue weighted by Gasteiger charge is -2.02. The summed E-state index contributed by atoms with van der Waals surface area (Å²) < 4.78 is 1.97. The van der Waals surface area contributed by atoms with Crippen molar-refractivity contribution in [2.75, 3.05) is 0 Å². The van der Waals surface area contributed by atoms with Gasteiger partial charge < -0.3 is 9.67 Å². The lowest BCUT2D eigenvalue weighted by Crippen LogP contribution is -1.96. The molecule has 0 bridgehead atoms. The molecule has 0 saturated heterocycles. The molecule has 2 rings (SSSR count). The van der Waals surface area contributed by atoms with Gasteiger partial charge in [0.2, 0.25) is 0 Å². The van der Waals surface area contributed by atoms with Gasteiger partial charge in [-0.2, -0.15) is 0 Å². The quantitative estimate of drug-likeness (QED) is 0.823. The van der Waals surface area contributed by atoms with Gasteiger partial charge >= 0.3 is 0 Å². The summed E-state index contributed by atoms with van der Waals surface area (Å²) in [5, 5.41) is 8.88. The Balaban J connectivity index is 2.11. The highest BCUT2D eigenvalue weighted by atomic mass is 16.3. The lowest BCUT2D eigenvalue weighted by molar-refractivity contribution is 0.277. The number of aliphatic hydroxyl groups is 1. The molecule has 3 heteroatoms. The average molecular weight is 202 g/mol. The van der Waals surface area contributed by atoms with E-state index in [-0.39, 0.29) is 6.61 Å². The van der Waals surface area contributed by atoms with Crippen LogP contribution in [0.4, 0.5) is 0 Å². The summed E-state index contributed by atoms with van der Waals surface area (Å²) in [5.41, 5.74) is 3.21. The second-order valence-electron chi connectivity index (χ2n) is 3.68. The van der Waals surface area contributed by atoms with Gasteiger partial charge in [-0.15, -0.1) is 0 Å². The first-order chi connectivity index (χ1) is 7.28. The maximum Gasteiger partial charge on any atom is 0.0953 e. The van der Waals surface area contributed by atoms with Gasteiger partial charge in [0.25, 0.3) is 0 Å². The van der Waals surface area contributed by atoms with Crippen LogP contribution in [0, 0.1) is 6.92 Å². The first-order valence-corrected chi connectivity index (χ1v) is 4.95. The predicted octanol–water partition coefficient (Wildman–Crippen LogP) is 1.73. The average Bonchev–Trinajstić information content (AvgIpc) is 2.69. The van der Waals surface area contributed by atoms with Crippen LogP contribution >= 0.6 is 0 Å². The van der Waals surface area contributed by atoms with E-state index in [4.69, 9.17) is 5.11 Å². The number of aromatic nitrogens is 2. The van der Waals surface area contributed by atoms with Gasteiger partial charge in [-0.1, -0.05) is 29.8 Å². The molecule has 0 saturated carbocycles. The number of hydrogen-bond donors (Lipinski definition) is 1. The third kappa shape index (κ3) is 2.44. The summed E-state index contributed by atoms with van der Waals surface area (Å²) in [6.07, 6.45) is 3.60. The normalized spacial score (nSPS) is 10.5. The summed E-state index contributed by atoms with van der Waals surface area (Å²) in [7, 11) is 0. The maximum atomic E-state index is 8.88. The van der Waals surface area contributed by atoms with Crippen molar-refractivity contribution >= 4 is 0 Å². The highest BCUT2D eigenvalue weighted by Gasteiger charge is 1.98. The van der Waals surface area contributed by atoms with E-state index in [0.717, 1.165) is 6.54 Å². The Morgan fingerprint density at radius 3 is 2.60 bits per heavy atom. The zero-order valence-corrected chi connectivity index (χ0v) is 8.72. The molecule has 78 valence electrons. The Morgan fingerprint density at radius 2 is 2.00 bits per heavy atom. The number of rotatable bonds is 3. The predicted molar refractivity (Wildman–Crippen MR) is 58.4 cm³/mol. The zero-order chi connectivity index (χ0) is 10.7. The molecule has 3 nitrogen and oxygen atoms in total. The molecule has 1 heterocycles. The van der Waals surface area contributed by atoms with Gasteiger partial charge in [0.15, 0.2) is 0 Å². The fourth-order valence-electron chi connectivity index (χ4n) is 1.48. The maximum absolute atomic E-state index is 8.88. The molecule has 0 aliphatic carbocycles. The zero-order valence-electron chi connectivity index (χ0n) is 8.72. The van der Waals surface area contributed by atoms with Crippen molar-refractivity contribution < 1.29 is 5.11 Å². The van der Waals surface area contributed by atoms with Gasteiger partial charge in [0.1, 0.15) is 0 Å². The van der Waals surface area contributed by atoms with Crippen molar-refractivity contribution in [3.63, 3.8) is 0 Å². The van der Waals surface area contributed by atoms with Crippen LogP contribution in [0.5, 0.6) is 0 Å². The Kier molecular flexibility index (Phi) is 2.83. The van der Waals surface area contributed by atoms with Gasteiger partial charge in [0.05, 0.1) is 18.6 Å². The number of aryl methyl sites for hydroxylation is 1. The number of benzene rings is 1. The Bertz CT molecular complexity index is 431. The number of nitrogens with zero attached hydrogens (tertiary/aromatic N) is 2. The summed E-state index contributed by atoms with van der Waals surface area (Å²) in [4.78, 5) is 4.06. The molecule has 0 radical (unpaired) electrons. The molecule has 1 aromatic heterocycles. The monoisotopic (exact) mass is 202 g/mol. The van der Waals surface area contributed by atoms with Crippen molar-refractivity contribution in [1.82, 2.24) is 9.55 Å². The topological polar surface area (TPSA) is 38.0 Å². The van der Waals surface area contributed by atoms with E-state index in [9.17, 15) is 0 Å². The third-order valence-corrected chi connectivity index (χ3v) is 2.33. The fraction of sp³-hybridized carbons (Fsp3) is 0.250. The molecule has 15 heavy (non-hydrogen) atoms. The van der Waals surface area contributed by atoms with E-state index < -0.39 is 0 Å². The summed E-state index contributed by atoms with van der Waals surface area (Å²) in [5.74, 6) is 0. The van der Waals surface area contributed by atoms with E-state index >= 15 is 0 Å². The van der Waals surface area contributed by atoms with Crippen molar-refractivity contribution in [2.45, 2.75) is 20.1 Å². The highest BCUT2D eigenvalue weighted by Crippen LogP contribution is 2.06. The first kappa shape index (κ1) is 9.93. The molecule has 2 aromatic rings. The largest absolute Gasteiger partial charge is 0.390 e. The van der Waals surface area contributed by atoms with Crippen molar-refractivity contribution in [3.05, 3.63) is 53.6 Å². The van der Waals surface area contributed by atoms with Crippen LogP contribution < -0.4 is 0 Å². The minimum Gasteiger partial charge on any atom is -0.390 e. The van der Waals surface area contributed by atoms with Gasteiger partial charge in [0, 0.05) is 12.7 Å². The first-order valence-electron chi connectivity index (χ1n) is 4.95. The van der Waals surface area contributed by atoms with Crippen LogP contribution in [-0.2, 0) is 13.2 Å². The minimum absolute atomic E-state index is 0.000891. The number of aliphatic hydroxyl groups excluding tert-OH is 1. The smallest absolute Gasteiger partial charge is 0.0953 e. The Labute approximate surface area is 89.0 Å². The molecule has 0 amide bonds. The summed E-state index contributed by atoms with van der Waals surface area (Å²) in [6.45, 7) is 2.87. The van der Waals surface area contributed by atoms with Crippen LogP contribution in [0.3, 0.4) is 0 Å². The molecule has 1 N–H and O–H groups in total. The number of hydrogen-bond acceptors (Lipinski definition) is 2. The van der Waals surface area contributed by atoms with Crippen LogP contribution in [0.2, 0.25) is 0 Å². The Hall–Kier alpha value is -1.61. The molecular formula is C12H14N2O. The second-order valence-corrected chi connectivity index (χ2v) is 3.68. The highest BCUT2D eigenvalue weighted by molar-refractivity contribution is 5.21. The van der Waals surface area contributed by atoms with Crippen LogP contribution in [0.25, 0.3) is 0 Å². The van der Waals surface area contributed by atoms with Crippen LogP contribution in [0.1, 0.15) is 16.8 Å². The molecule has 0 aliphatic rings. The van der Waals surface area contributed by atoms with E-state index in [1.54, 1.807) is 6.33 Å². The Morgan fingerprint density at radius 1 is 1.27 bits per heavy atom. The van der Waals surface area contributed by atoms with Gasteiger partial charge in [-0.3, -0.25) is 0 Å². The minimum atomic E-state index is 0.000891. The SMILES string of the molecule is Cc1ccc(Cn2cnc(CO)c2)cc1. The molecule has 0 fully saturated rings. The van der Waals surface area contributed by atoms with Gasteiger partial charge in [-0.05, 0) is 12.5 Å². The molecule has 0 unspecified atom stereocenters. The molecule has 0 spiro atoms. The van der Waals surface area contributed by atoms with Crippen molar-refractivity contribution in [2.24, 2.45) is 0 Å². The molecule has 0 atom stereocenters. The van der Waals surface area contributed by atoms with E-state index in [2.05, 4.69) is 36.2 Å². The van der Waals surface area contributed by atoms with Crippen LogP contribution in [-0.4, -0.2) is 14.7 Å². The van der Waals surface area contributed by atoms with E-state index in [1.807, 2.05) is 10.8 Å². The van der Waals surface area contributed by atoms with Gasteiger partial charge in [-0.25, -0.2) is 4.98 Å². The molecule has 1 aromatic carbocycles. The summed E-state index contributed by atoms with van der Waals surface area (Å²) >= 11 is 0. The van der Waals surface area contributed by atoms with Crippen LogP contribution in [0.15, 0.2) is 36.8 Å². The standard InChI is InChI=1S/C12H14N2O/c1-10-2-4-11(5-3-10)6-14-7-12(8-15)13-9-14/h2-5,7,9,15H,6,8H2,1H3. The molecular weight excluding hydrogens is 188 g/mol. The number of imidazole rings is 1. The van der Waals surface area contributed by atoms with E-state index in [1.165, 1.54) is 11.1 Å².